The van der Waals surface area contributed by atoms with Gasteiger partial charge in [-0.2, -0.15) is 0 Å². The van der Waals surface area contributed by atoms with Crippen molar-refractivity contribution in [1.29, 1.82) is 0 Å². The molecule has 0 atom stereocenters. The summed E-state index contributed by atoms with van der Waals surface area (Å²) in [5.41, 5.74) is 4.73. The zero-order valence-corrected chi connectivity index (χ0v) is 20.7. The topological polar surface area (TPSA) is 79.4 Å². The van der Waals surface area contributed by atoms with Crippen molar-refractivity contribution >= 4 is 28.9 Å². The zero-order chi connectivity index (χ0) is 25.3. The summed E-state index contributed by atoms with van der Waals surface area (Å²) in [6, 6.07) is 29.9. The maximum Gasteiger partial charge on any atom is 0.227 e. The van der Waals surface area contributed by atoms with E-state index in [4.69, 9.17) is 4.74 Å². The Morgan fingerprint density at radius 3 is 2.05 bits per heavy atom. The van der Waals surface area contributed by atoms with Gasteiger partial charge in [-0.05, 0) is 55.3 Å². The number of carbonyl (C=O) groups is 1. The van der Waals surface area contributed by atoms with Crippen LogP contribution in [0.1, 0.15) is 12.8 Å². The van der Waals surface area contributed by atoms with Crippen LogP contribution in [-0.2, 0) is 9.53 Å². The molecule has 7 nitrogen and oxygen atoms in total. The molecule has 3 aromatic carbocycles. The van der Waals surface area contributed by atoms with Crippen LogP contribution in [0.5, 0.6) is 0 Å². The number of hydrogen-bond donors (Lipinski definition) is 2. The lowest BCUT2D eigenvalue weighted by Gasteiger charge is -2.28. The van der Waals surface area contributed by atoms with Crippen molar-refractivity contribution in [3.05, 3.63) is 97.2 Å². The Morgan fingerprint density at radius 1 is 0.811 bits per heavy atom. The van der Waals surface area contributed by atoms with Gasteiger partial charge in [-0.3, -0.25) is 4.79 Å². The van der Waals surface area contributed by atoms with Gasteiger partial charge in [-0.25, -0.2) is 9.97 Å². The highest BCUT2D eigenvalue weighted by Crippen LogP contribution is 2.30. The minimum Gasteiger partial charge on any atom is -0.378 e. The summed E-state index contributed by atoms with van der Waals surface area (Å²) in [6.07, 6.45) is 3.74. The van der Waals surface area contributed by atoms with Gasteiger partial charge in [0, 0.05) is 47.8 Å². The Bertz CT molecular complexity index is 1240. The van der Waals surface area contributed by atoms with Crippen LogP contribution >= 0.6 is 0 Å². The number of ether oxygens (including phenoxy) is 1. The molecule has 2 fully saturated rings. The maximum atomic E-state index is 11.9. The second-order valence-corrected chi connectivity index (χ2v) is 9.03. The van der Waals surface area contributed by atoms with Crippen LogP contribution in [0.2, 0.25) is 0 Å². The van der Waals surface area contributed by atoms with Crippen molar-refractivity contribution in [2.75, 3.05) is 41.8 Å². The number of benzene rings is 3. The minimum atomic E-state index is 0.112. The van der Waals surface area contributed by atoms with Gasteiger partial charge in [0.2, 0.25) is 11.9 Å². The van der Waals surface area contributed by atoms with Crippen LogP contribution in [0.4, 0.5) is 23.0 Å². The van der Waals surface area contributed by atoms with E-state index in [0.29, 0.717) is 5.95 Å². The van der Waals surface area contributed by atoms with Gasteiger partial charge in [-0.15, -0.1) is 0 Å². The molecular formula is C30H31N5O2. The second kappa shape index (κ2) is 12.1. The number of anilines is 4. The lowest BCUT2D eigenvalue weighted by Crippen LogP contribution is -2.36. The van der Waals surface area contributed by atoms with Gasteiger partial charge >= 0.3 is 0 Å². The number of nitrogens with one attached hydrogen (secondary N) is 2. The first-order valence-corrected chi connectivity index (χ1v) is 12.7. The molecule has 7 heteroatoms. The molecule has 6 rings (SSSR count). The second-order valence-electron chi connectivity index (χ2n) is 9.03. The molecule has 2 aliphatic rings. The summed E-state index contributed by atoms with van der Waals surface area (Å²) >= 11 is 0. The quantitative estimate of drug-likeness (QED) is 0.356. The summed E-state index contributed by atoms with van der Waals surface area (Å²) in [7, 11) is 0. The van der Waals surface area contributed by atoms with E-state index < -0.39 is 0 Å². The van der Waals surface area contributed by atoms with Crippen LogP contribution in [-0.4, -0.2) is 42.2 Å². The number of amides is 1. The number of morpholine rings is 1. The monoisotopic (exact) mass is 493 g/mol. The van der Waals surface area contributed by atoms with Gasteiger partial charge in [0.25, 0.3) is 0 Å². The first kappa shape index (κ1) is 24.5. The van der Waals surface area contributed by atoms with E-state index in [1.165, 1.54) is 5.69 Å². The van der Waals surface area contributed by atoms with Gasteiger partial charge in [0.1, 0.15) is 0 Å². The fraction of sp³-hybridized carbons (Fsp3) is 0.233. The van der Waals surface area contributed by atoms with Crippen LogP contribution in [0.25, 0.3) is 11.3 Å². The highest BCUT2D eigenvalue weighted by atomic mass is 16.5. The Balaban J connectivity index is 0.000000412. The third-order valence-electron chi connectivity index (χ3n) is 6.22. The molecule has 0 bridgehead atoms. The molecule has 0 spiro atoms. The van der Waals surface area contributed by atoms with Crippen molar-refractivity contribution in [2.24, 2.45) is 5.92 Å². The normalized spacial score (nSPS) is 14.8. The van der Waals surface area contributed by atoms with E-state index >= 15 is 0 Å². The van der Waals surface area contributed by atoms with Crippen molar-refractivity contribution in [3.8, 4) is 11.3 Å². The van der Waals surface area contributed by atoms with Crippen molar-refractivity contribution < 1.29 is 9.53 Å². The molecule has 4 aromatic rings. The maximum absolute atomic E-state index is 11.9. The van der Waals surface area contributed by atoms with E-state index in [1.54, 1.807) is 6.20 Å². The molecule has 0 radical (unpaired) electrons. The standard InChI is InChI=1S/C24H25N5O2.C6H6/c30-23(18-1-2-18)26-19-5-3-17(4-6-19)22-11-12-25-24(28-22)27-20-7-9-21(10-8-20)29-13-15-31-16-14-29;1-2-4-6-5-3-1/h3-12,18H,1-2,13-16H2,(H,26,30)(H,25,27,28);1-6H. The van der Waals surface area contributed by atoms with E-state index in [0.717, 1.165) is 61.8 Å². The van der Waals surface area contributed by atoms with E-state index in [9.17, 15) is 4.79 Å². The minimum absolute atomic E-state index is 0.112. The summed E-state index contributed by atoms with van der Waals surface area (Å²) in [4.78, 5) is 23.2. The van der Waals surface area contributed by atoms with Crippen LogP contribution in [0, 0.1) is 5.92 Å². The molecular weight excluding hydrogens is 462 g/mol. The van der Waals surface area contributed by atoms with Gasteiger partial charge in [0.15, 0.2) is 0 Å². The Labute approximate surface area is 217 Å². The summed E-state index contributed by atoms with van der Waals surface area (Å²) < 4.78 is 5.42. The predicted molar refractivity (Wildman–Crippen MR) is 148 cm³/mol. The Morgan fingerprint density at radius 2 is 1.43 bits per heavy atom. The molecule has 188 valence electrons. The number of carbonyl (C=O) groups excluding carboxylic acids is 1. The van der Waals surface area contributed by atoms with Crippen LogP contribution < -0.4 is 15.5 Å². The summed E-state index contributed by atoms with van der Waals surface area (Å²) in [5.74, 6) is 0.849. The van der Waals surface area contributed by atoms with Crippen molar-refractivity contribution in [2.45, 2.75) is 12.8 Å². The largest absolute Gasteiger partial charge is 0.378 e. The highest BCUT2D eigenvalue weighted by molar-refractivity contribution is 5.94. The van der Waals surface area contributed by atoms with Crippen LogP contribution in [0.15, 0.2) is 97.2 Å². The number of nitrogens with zero attached hydrogens (tertiary/aromatic N) is 3. The smallest absolute Gasteiger partial charge is 0.227 e. The predicted octanol–water partition coefficient (Wildman–Crippen LogP) is 5.76. The zero-order valence-electron chi connectivity index (χ0n) is 20.7. The summed E-state index contributed by atoms with van der Waals surface area (Å²) in [5, 5.41) is 6.24. The molecule has 1 aromatic heterocycles. The summed E-state index contributed by atoms with van der Waals surface area (Å²) in [6.45, 7) is 3.38. The van der Waals surface area contributed by atoms with Crippen LogP contribution in [0.3, 0.4) is 0 Å². The molecule has 2 N–H and O–H groups in total. The molecule has 0 unspecified atom stereocenters. The average molecular weight is 494 g/mol. The van der Waals surface area contributed by atoms with Gasteiger partial charge < -0.3 is 20.3 Å². The van der Waals surface area contributed by atoms with Gasteiger partial charge in [-0.1, -0.05) is 48.5 Å². The highest BCUT2D eigenvalue weighted by Gasteiger charge is 2.29. The fourth-order valence-corrected chi connectivity index (χ4v) is 3.98. The Kier molecular flexibility index (Phi) is 8.03. The third kappa shape index (κ3) is 7.15. The van der Waals surface area contributed by atoms with Crippen molar-refractivity contribution in [3.63, 3.8) is 0 Å². The average Bonchev–Trinajstić information content (AvgIpc) is 3.82. The molecule has 1 saturated carbocycles. The lowest BCUT2D eigenvalue weighted by atomic mass is 10.1. The number of hydrogen-bond acceptors (Lipinski definition) is 6. The SMILES string of the molecule is O=C(Nc1ccc(-c2ccnc(Nc3ccc(N4CCOCC4)cc3)n2)cc1)C1CC1.c1ccccc1. The number of aromatic nitrogens is 2. The third-order valence-corrected chi connectivity index (χ3v) is 6.22. The van der Waals surface area contributed by atoms with E-state index in [1.807, 2.05) is 78.9 Å². The molecule has 37 heavy (non-hydrogen) atoms. The molecule has 2 heterocycles. The molecule has 1 aliphatic carbocycles. The van der Waals surface area contributed by atoms with Crippen molar-refractivity contribution in [1.82, 2.24) is 9.97 Å². The Hall–Kier alpha value is -4.23. The van der Waals surface area contributed by atoms with Gasteiger partial charge in [0.05, 0.1) is 18.9 Å². The molecule has 1 aliphatic heterocycles. The lowest BCUT2D eigenvalue weighted by molar-refractivity contribution is -0.117. The number of rotatable bonds is 6. The molecule has 1 saturated heterocycles. The first-order chi connectivity index (χ1) is 18.2. The first-order valence-electron chi connectivity index (χ1n) is 12.7. The fourth-order valence-electron chi connectivity index (χ4n) is 3.98. The van der Waals surface area contributed by atoms with E-state index in [2.05, 4.69) is 37.6 Å². The van der Waals surface area contributed by atoms with E-state index in [-0.39, 0.29) is 11.8 Å². The molecule has 1 amide bonds.